The number of likely N-dealkylation sites (tertiary alicyclic amines) is 1. The third-order valence-electron chi connectivity index (χ3n) is 5.64. The average Bonchev–Trinajstić information content (AvgIpc) is 3.30. The van der Waals surface area contributed by atoms with Crippen LogP contribution in [0.1, 0.15) is 43.2 Å². The fourth-order valence-electron chi connectivity index (χ4n) is 3.96. The number of hydrogen-bond donors (Lipinski definition) is 0. The smallest absolute Gasteiger partial charge is 0.306 e. The number of carboxylic acids is 1. The quantitative estimate of drug-likeness (QED) is 0.448. The second-order valence-electron chi connectivity index (χ2n) is 8.25. The van der Waals surface area contributed by atoms with Crippen LogP contribution in [0.2, 0.25) is 0 Å². The van der Waals surface area contributed by atoms with Crippen LogP contribution in [0.25, 0.3) is 0 Å². The molecular formula is C26H32NO5-. The van der Waals surface area contributed by atoms with E-state index in [2.05, 4.69) is 23.1 Å². The van der Waals surface area contributed by atoms with Crippen LogP contribution in [0.15, 0.2) is 54.6 Å². The van der Waals surface area contributed by atoms with E-state index in [0.29, 0.717) is 6.54 Å². The molecule has 6 nitrogen and oxygen atoms in total. The van der Waals surface area contributed by atoms with E-state index in [0.717, 1.165) is 50.1 Å². The summed E-state index contributed by atoms with van der Waals surface area (Å²) in [5, 5.41) is 10.6. The SMILES string of the molecule is O=C([O-])CCCC(=O)OC(COc1ccccc1CCc1ccccc1)CN1CCCC1. The molecule has 1 unspecified atom stereocenters. The Morgan fingerprint density at radius 1 is 0.938 bits per heavy atom. The summed E-state index contributed by atoms with van der Waals surface area (Å²) in [6.45, 7) is 2.88. The number of para-hydroxylation sites is 1. The van der Waals surface area contributed by atoms with Crippen molar-refractivity contribution < 1.29 is 24.2 Å². The predicted octanol–water partition coefficient (Wildman–Crippen LogP) is 2.78. The Labute approximate surface area is 190 Å². The third-order valence-corrected chi connectivity index (χ3v) is 5.64. The molecule has 2 aromatic rings. The maximum absolute atomic E-state index is 12.2. The Kier molecular flexibility index (Phi) is 9.57. The summed E-state index contributed by atoms with van der Waals surface area (Å²) in [6.07, 6.45) is 3.83. The minimum Gasteiger partial charge on any atom is -0.550 e. The largest absolute Gasteiger partial charge is 0.550 e. The fourth-order valence-corrected chi connectivity index (χ4v) is 3.96. The van der Waals surface area contributed by atoms with Crippen LogP contribution in [0.5, 0.6) is 5.75 Å². The number of nitrogens with zero attached hydrogens (tertiary/aromatic N) is 1. The Morgan fingerprint density at radius 2 is 1.66 bits per heavy atom. The second-order valence-corrected chi connectivity index (χ2v) is 8.25. The van der Waals surface area contributed by atoms with E-state index in [-0.39, 0.29) is 25.9 Å². The molecule has 1 aliphatic heterocycles. The zero-order valence-electron chi connectivity index (χ0n) is 18.5. The Hall–Kier alpha value is -2.86. The molecule has 0 aliphatic carbocycles. The molecule has 0 spiro atoms. The summed E-state index contributed by atoms with van der Waals surface area (Å²) in [5.74, 6) is -0.735. The van der Waals surface area contributed by atoms with Gasteiger partial charge in [-0.3, -0.25) is 9.69 Å². The van der Waals surface area contributed by atoms with Crippen molar-refractivity contribution in [1.29, 1.82) is 0 Å². The van der Waals surface area contributed by atoms with Crippen molar-refractivity contribution in [3.05, 3.63) is 65.7 Å². The number of esters is 1. The number of ether oxygens (including phenoxy) is 2. The summed E-state index contributed by atoms with van der Waals surface area (Å²) in [4.78, 5) is 25.1. The molecule has 1 atom stereocenters. The van der Waals surface area contributed by atoms with Crippen molar-refractivity contribution in [1.82, 2.24) is 4.90 Å². The summed E-state index contributed by atoms with van der Waals surface area (Å²) >= 11 is 0. The van der Waals surface area contributed by atoms with E-state index < -0.39 is 18.0 Å². The third kappa shape index (κ3) is 8.35. The number of carboxylic acid groups (broad SMARTS) is 1. The van der Waals surface area contributed by atoms with Crippen LogP contribution in [-0.4, -0.2) is 49.2 Å². The molecule has 3 rings (SSSR count). The van der Waals surface area contributed by atoms with Gasteiger partial charge in [0.05, 0.1) is 0 Å². The van der Waals surface area contributed by atoms with Crippen LogP contribution in [0.4, 0.5) is 0 Å². The van der Waals surface area contributed by atoms with Gasteiger partial charge in [0.25, 0.3) is 0 Å². The molecule has 0 radical (unpaired) electrons. The summed E-state index contributed by atoms with van der Waals surface area (Å²) in [5.41, 5.74) is 2.40. The first-order chi connectivity index (χ1) is 15.6. The summed E-state index contributed by atoms with van der Waals surface area (Å²) in [7, 11) is 0. The lowest BCUT2D eigenvalue weighted by Gasteiger charge is -2.24. The second kappa shape index (κ2) is 12.9. The molecule has 0 amide bonds. The van der Waals surface area contributed by atoms with E-state index >= 15 is 0 Å². The first-order valence-electron chi connectivity index (χ1n) is 11.5. The minimum absolute atomic E-state index is 0.0676. The molecule has 172 valence electrons. The van der Waals surface area contributed by atoms with E-state index in [1.165, 1.54) is 5.56 Å². The first kappa shape index (κ1) is 23.8. The Bertz CT molecular complexity index is 848. The van der Waals surface area contributed by atoms with Crippen molar-refractivity contribution in [2.75, 3.05) is 26.2 Å². The van der Waals surface area contributed by atoms with Crippen molar-refractivity contribution in [3.63, 3.8) is 0 Å². The van der Waals surface area contributed by atoms with E-state index in [4.69, 9.17) is 9.47 Å². The Balaban J connectivity index is 1.56. The van der Waals surface area contributed by atoms with Gasteiger partial charge >= 0.3 is 5.97 Å². The van der Waals surface area contributed by atoms with Gasteiger partial charge in [0.2, 0.25) is 0 Å². The van der Waals surface area contributed by atoms with Gasteiger partial charge in [-0.25, -0.2) is 0 Å². The van der Waals surface area contributed by atoms with Crippen LogP contribution in [0, 0.1) is 0 Å². The molecule has 0 bridgehead atoms. The molecule has 1 aliphatic rings. The lowest BCUT2D eigenvalue weighted by Crippen LogP contribution is -2.37. The zero-order chi connectivity index (χ0) is 22.6. The Morgan fingerprint density at radius 3 is 2.41 bits per heavy atom. The van der Waals surface area contributed by atoms with Gasteiger partial charge in [0.15, 0.2) is 0 Å². The van der Waals surface area contributed by atoms with Crippen molar-refractivity contribution in [3.8, 4) is 5.75 Å². The van der Waals surface area contributed by atoms with E-state index in [9.17, 15) is 14.7 Å². The monoisotopic (exact) mass is 438 g/mol. The molecular weight excluding hydrogens is 406 g/mol. The van der Waals surface area contributed by atoms with Gasteiger partial charge in [-0.05, 0) is 68.8 Å². The van der Waals surface area contributed by atoms with Gasteiger partial charge < -0.3 is 19.4 Å². The highest BCUT2D eigenvalue weighted by Crippen LogP contribution is 2.21. The topological polar surface area (TPSA) is 78.9 Å². The maximum atomic E-state index is 12.2. The van der Waals surface area contributed by atoms with Gasteiger partial charge in [-0.1, -0.05) is 48.5 Å². The summed E-state index contributed by atoms with van der Waals surface area (Å²) in [6, 6.07) is 18.3. The van der Waals surface area contributed by atoms with Crippen LogP contribution >= 0.6 is 0 Å². The highest BCUT2D eigenvalue weighted by molar-refractivity contribution is 5.71. The molecule has 6 heteroatoms. The van der Waals surface area contributed by atoms with Gasteiger partial charge in [0.1, 0.15) is 18.5 Å². The van der Waals surface area contributed by atoms with Gasteiger partial charge in [-0.15, -0.1) is 0 Å². The lowest BCUT2D eigenvalue weighted by molar-refractivity contribution is -0.305. The van der Waals surface area contributed by atoms with Crippen molar-refractivity contribution in [2.45, 2.75) is 51.0 Å². The van der Waals surface area contributed by atoms with Crippen molar-refractivity contribution >= 4 is 11.9 Å². The highest BCUT2D eigenvalue weighted by Gasteiger charge is 2.22. The van der Waals surface area contributed by atoms with Crippen molar-refractivity contribution in [2.24, 2.45) is 0 Å². The molecule has 0 saturated carbocycles. The molecule has 1 fully saturated rings. The molecule has 1 saturated heterocycles. The highest BCUT2D eigenvalue weighted by atomic mass is 16.6. The van der Waals surface area contributed by atoms with Gasteiger partial charge in [0, 0.05) is 18.9 Å². The standard InChI is InChI=1S/C26H33NO5/c28-25(29)13-8-14-26(30)32-23(19-27-17-6-7-18-27)20-31-24-12-5-4-11-22(24)16-15-21-9-2-1-3-10-21/h1-5,9-12,23H,6-8,13-20H2,(H,28,29)/p-1. The number of carbonyl (C=O) groups excluding carboxylic acids is 2. The zero-order valence-corrected chi connectivity index (χ0v) is 18.5. The first-order valence-corrected chi connectivity index (χ1v) is 11.5. The van der Waals surface area contributed by atoms with Crippen LogP contribution in [-0.2, 0) is 27.2 Å². The number of aryl methyl sites for hydroxylation is 2. The fraction of sp³-hybridized carbons (Fsp3) is 0.462. The molecule has 32 heavy (non-hydrogen) atoms. The van der Waals surface area contributed by atoms with E-state index in [1.54, 1.807) is 0 Å². The van der Waals surface area contributed by atoms with E-state index in [1.807, 2.05) is 36.4 Å². The summed E-state index contributed by atoms with van der Waals surface area (Å²) < 4.78 is 11.8. The molecule has 2 aromatic carbocycles. The predicted molar refractivity (Wildman–Crippen MR) is 120 cm³/mol. The molecule has 0 aromatic heterocycles. The normalized spacial score (nSPS) is 14.8. The molecule has 0 N–H and O–H groups in total. The van der Waals surface area contributed by atoms with Gasteiger partial charge in [-0.2, -0.15) is 0 Å². The van der Waals surface area contributed by atoms with Crippen LogP contribution < -0.4 is 9.84 Å². The number of carbonyl (C=O) groups is 2. The number of benzene rings is 2. The number of aliphatic carboxylic acids is 1. The minimum atomic E-state index is -1.15. The average molecular weight is 439 g/mol. The maximum Gasteiger partial charge on any atom is 0.306 e. The number of hydrogen-bond acceptors (Lipinski definition) is 6. The molecule has 1 heterocycles. The van der Waals surface area contributed by atoms with Crippen LogP contribution in [0.3, 0.4) is 0 Å². The lowest BCUT2D eigenvalue weighted by atomic mass is 10.0. The number of rotatable bonds is 13.